The third-order valence-electron chi connectivity index (χ3n) is 3.98. The molecular formula is C16H25N3O2. The van der Waals surface area contributed by atoms with Crippen LogP contribution in [-0.4, -0.2) is 53.2 Å². The zero-order valence-electron chi connectivity index (χ0n) is 13.0. The molecule has 2 N–H and O–H groups in total. The van der Waals surface area contributed by atoms with Gasteiger partial charge in [0.1, 0.15) is 0 Å². The van der Waals surface area contributed by atoms with Crippen molar-refractivity contribution in [2.45, 2.75) is 32.9 Å². The van der Waals surface area contributed by atoms with E-state index in [0.29, 0.717) is 6.04 Å². The lowest BCUT2D eigenvalue weighted by molar-refractivity contribution is 0.125. The van der Waals surface area contributed by atoms with Crippen molar-refractivity contribution >= 4 is 11.7 Å². The van der Waals surface area contributed by atoms with Gasteiger partial charge in [-0.05, 0) is 38.5 Å². The summed E-state index contributed by atoms with van der Waals surface area (Å²) in [5, 5.41) is 12.4. The Bertz CT molecular complexity index is 463. The lowest BCUT2D eigenvalue weighted by Crippen LogP contribution is -2.51. The van der Waals surface area contributed by atoms with Crippen LogP contribution in [0.25, 0.3) is 0 Å². The first-order valence-corrected chi connectivity index (χ1v) is 7.55. The highest BCUT2D eigenvalue weighted by Crippen LogP contribution is 2.16. The van der Waals surface area contributed by atoms with Crippen molar-refractivity contribution in [3.05, 3.63) is 29.8 Å². The Labute approximate surface area is 126 Å². The van der Waals surface area contributed by atoms with E-state index in [-0.39, 0.29) is 6.03 Å². The van der Waals surface area contributed by atoms with E-state index in [4.69, 9.17) is 0 Å². The molecule has 5 heteroatoms. The van der Waals surface area contributed by atoms with Gasteiger partial charge in [0.05, 0.1) is 6.10 Å². The highest BCUT2D eigenvalue weighted by molar-refractivity contribution is 5.89. The molecule has 1 unspecified atom stereocenters. The Morgan fingerprint density at radius 2 is 1.67 bits per heavy atom. The zero-order valence-corrected chi connectivity index (χ0v) is 13.0. The molecule has 2 amide bonds. The number of urea groups is 1. The first-order chi connectivity index (χ1) is 9.97. The van der Waals surface area contributed by atoms with E-state index in [9.17, 15) is 9.90 Å². The quantitative estimate of drug-likeness (QED) is 0.898. The normalized spacial score (nSPS) is 17.9. The number of benzene rings is 1. The summed E-state index contributed by atoms with van der Waals surface area (Å²) in [6.45, 7) is 9.45. The maximum Gasteiger partial charge on any atom is 0.321 e. The summed E-state index contributed by atoms with van der Waals surface area (Å²) in [5.41, 5.74) is 1.61. The van der Waals surface area contributed by atoms with Crippen LogP contribution in [0.5, 0.6) is 0 Å². The number of amides is 2. The number of carbonyl (C=O) groups is 1. The second-order valence-electron chi connectivity index (χ2n) is 5.84. The van der Waals surface area contributed by atoms with Gasteiger partial charge in [0.15, 0.2) is 0 Å². The standard InChI is InChI=1S/C16H25N3O2/c1-12(2)18-8-10-19(11-9-18)16(21)17-15-6-4-14(5-7-15)13(3)20/h4-7,12-13,20H,8-11H2,1-3H3,(H,17,21). The minimum Gasteiger partial charge on any atom is -0.389 e. The second-order valence-corrected chi connectivity index (χ2v) is 5.84. The maximum absolute atomic E-state index is 12.2. The fourth-order valence-corrected chi connectivity index (χ4v) is 2.49. The van der Waals surface area contributed by atoms with Crippen LogP contribution in [0.1, 0.15) is 32.4 Å². The van der Waals surface area contributed by atoms with Crippen LogP contribution < -0.4 is 5.32 Å². The number of hydrogen-bond donors (Lipinski definition) is 2. The molecule has 116 valence electrons. The molecule has 1 aromatic carbocycles. The summed E-state index contributed by atoms with van der Waals surface area (Å²) in [7, 11) is 0. The van der Waals surface area contributed by atoms with Crippen molar-refractivity contribution < 1.29 is 9.90 Å². The van der Waals surface area contributed by atoms with Gasteiger partial charge in [0, 0.05) is 37.9 Å². The lowest BCUT2D eigenvalue weighted by Gasteiger charge is -2.36. The summed E-state index contributed by atoms with van der Waals surface area (Å²) in [6, 6.07) is 7.79. The topological polar surface area (TPSA) is 55.8 Å². The van der Waals surface area contributed by atoms with Gasteiger partial charge in [-0.1, -0.05) is 12.1 Å². The highest BCUT2D eigenvalue weighted by atomic mass is 16.3. The van der Waals surface area contributed by atoms with Crippen molar-refractivity contribution in [1.29, 1.82) is 0 Å². The van der Waals surface area contributed by atoms with E-state index in [0.717, 1.165) is 37.4 Å². The van der Waals surface area contributed by atoms with Gasteiger partial charge in [-0.25, -0.2) is 4.79 Å². The minimum absolute atomic E-state index is 0.0526. The van der Waals surface area contributed by atoms with Crippen molar-refractivity contribution in [3.63, 3.8) is 0 Å². The predicted octanol–water partition coefficient (Wildman–Crippen LogP) is 2.30. The number of anilines is 1. The van der Waals surface area contributed by atoms with E-state index in [1.54, 1.807) is 6.92 Å². The van der Waals surface area contributed by atoms with Crippen molar-refractivity contribution in [2.24, 2.45) is 0 Å². The van der Waals surface area contributed by atoms with Crippen LogP contribution in [0.15, 0.2) is 24.3 Å². The van der Waals surface area contributed by atoms with Gasteiger partial charge in [0.25, 0.3) is 0 Å². The Morgan fingerprint density at radius 3 is 2.14 bits per heavy atom. The van der Waals surface area contributed by atoms with Crippen LogP contribution in [0.2, 0.25) is 0 Å². The Hall–Kier alpha value is -1.59. The van der Waals surface area contributed by atoms with Crippen LogP contribution in [0.3, 0.4) is 0 Å². The fraction of sp³-hybridized carbons (Fsp3) is 0.562. The molecule has 1 heterocycles. The minimum atomic E-state index is -0.487. The molecule has 1 fully saturated rings. The van der Waals surface area contributed by atoms with E-state index >= 15 is 0 Å². The summed E-state index contributed by atoms with van der Waals surface area (Å²) < 4.78 is 0. The largest absolute Gasteiger partial charge is 0.389 e. The van der Waals surface area contributed by atoms with Crippen molar-refractivity contribution in [3.8, 4) is 0 Å². The number of piperazine rings is 1. The first kappa shape index (κ1) is 15.8. The molecule has 5 nitrogen and oxygen atoms in total. The summed E-state index contributed by atoms with van der Waals surface area (Å²) >= 11 is 0. The Balaban J connectivity index is 1.87. The van der Waals surface area contributed by atoms with E-state index < -0.39 is 6.10 Å². The maximum atomic E-state index is 12.2. The molecule has 0 aromatic heterocycles. The van der Waals surface area contributed by atoms with Crippen LogP contribution in [0.4, 0.5) is 10.5 Å². The van der Waals surface area contributed by atoms with E-state index in [2.05, 4.69) is 24.1 Å². The highest BCUT2D eigenvalue weighted by Gasteiger charge is 2.22. The smallest absolute Gasteiger partial charge is 0.321 e. The van der Waals surface area contributed by atoms with Gasteiger partial charge < -0.3 is 15.3 Å². The lowest BCUT2D eigenvalue weighted by atomic mass is 10.1. The summed E-state index contributed by atoms with van der Waals surface area (Å²) in [4.78, 5) is 16.4. The number of aliphatic hydroxyl groups excluding tert-OH is 1. The Morgan fingerprint density at radius 1 is 1.10 bits per heavy atom. The summed E-state index contributed by atoms with van der Waals surface area (Å²) in [6.07, 6.45) is -0.487. The molecule has 1 aromatic rings. The number of nitrogens with zero attached hydrogens (tertiary/aromatic N) is 2. The number of hydrogen-bond acceptors (Lipinski definition) is 3. The van der Waals surface area contributed by atoms with Crippen LogP contribution >= 0.6 is 0 Å². The second kappa shape index (κ2) is 6.91. The molecule has 0 radical (unpaired) electrons. The molecule has 21 heavy (non-hydrogen) atoms. The van der Waals surface area contributed by atoms with Crippen LogP contribution in [-0.2, 0) is 0 Å². The van der Waals surface area contributed by atoms with Gasteiger partial charge in [-0.15, -0.1) is 0 Å². The third-order valence-corrected chi connectivity index (χ3v) is 3.98. The number of aliphatic hydroxyl groups is 1. The SMILES string of the molecule is CC(O)c1ccc(NC(=O)N2CCN(C(C)C)CC2)cc1. The number of rotatable bonds is 3. The van der Waals surface area contributed by atoms with Crippen molar-refractivity contribution in [2.75, 3.05) is 31.5 Å². The van der Waals surface area contributed by atoms with E-state index in [1.807, 2.05) is 29.2 Å². The van der Waals surface area contributed by atoms with Gasteiger partial charge in [-0.3, -0.25) is 4.90 Å². The number of carbonyl (C=O) groups excluding carboxylic acids is 1. The van der Waals surface area contributed by atoms with Crippen LogP contribution in [0, 0.1) is 0 Å². The predicted molar refractivity (Wildman–Crippen MR) is 84.4 cm³/mol. The number of nitrogens with one attached hydrogen (secondary N) is 1. The molecule has 1 aliphatic rings. The molecule has 0 bridgehead atoms. The molecular weight excluding hydrogens is 266 g/mol. The molecule has 0 spiro atoms. The van der Waals surface area contributed by atoms with E-state index in [1.165, 1.54) is 0 Å². The molecule has 2 rings (SSSR count). The summed E-state index contributed by atoms with van der Waals surface area (Å²) in [5.74, 6) is 0. The molecule has 0 saturated carbocycles. The molecule has 1 aliphatic heterocycles. The van der Waals surface area contributed by atoms with Gasteiger partial charge in [0.2, 0.25) is 0 Å². The molecule has 1 saturated heterocycles. The van der Waals surface area contributed by atoms with Gasteiger partial charge >= 0.3 is 6.03 Å². The average molecular weight is 291 g/mol. The fourth-order valence-electron chi connectivity index (χ4n) is 2.49. The molecule has 0 aliphatic carbocycles. The van der Waals surface area contributed by atoms with Crippen molar-refractivity contribution in [1.82, 2.24) is 9.80 Å². The molecule has 1 atom stereocenters. The Kier molecular flexibility index (Phi) is 5.20. The average Bonchev–Trinajstić information content (AvgIpc) is 2.47. The monoisotopic (exact) mass is 291 g/mol. The third kappa shape index (κ3) is 4.19. The van der Waals surface area contributed by atoms with Gasteiger partial charge in [-0.2, -0.15) is 0 Å². The zero-order chi connectivity index (χ0) is 15.4. The first-order valence-electron chi connectivity index (χ1n) is 7.55.